The number of rotatable bonds is 5. The standard InChI is InChI=1S/C14H15BrN4O/c1-2-7-16-12-10(5-3-8-17-12)14(20)19-13-11(15)6-4-9-18-13/h3-6,8-9H,2,7H2,1H3,(H,16,17)(H,18,19,20). The third-order valence-corrected chi connectivity index (χ3v) is 3.23. The molecule has 2 N–H and O–H groups in total. The number of amides is 1. The van der Waals surface area contributed by atoms with E-state index in [2.05, 4.69) is 43.5 Å². The van der Waals surface area contributed by atoms with Gasteiger partial charge >= 0.3 is 0 Å². The van der Waals surface area contributed by atoms with Crippen LogP contribution in [-0.4, -0.2) is 22.4 Å². The van der Waals surface area contributed by atoms with Gasteiger partial charge < -0.3 is 10.6 Å². The average Bonchev–Trinajstić information content (AvgIpc) is 2.47. The number of carbonyl (C=O) groups is 1. The van der Waals surface area contributed by atoms with Gasteiger partial charge in [0.15, 0.2) is 0 Å². The van der Waals surface area contributed by atoms with Crippen LogP contribution < -0.4 is 10.6 Å². The van der Waals surface area contributed by atoms with Crippen LogP contribution in [0.15, 0.2) is 41.1 Å². The Kier molecular flexibility index (Phi) is 5.06. The number of carbonyl (C=O) groups excluding carboxylic acids is 1. The molecule has 20 heavy (non-hydrogen) atoms. The molecule has 2 aromatic heterocycles. The van der Waals surface area contributed by atoms with Crippen LogP contribution in [0.3, 0.4) is 0 Å². The summed E-state index contributed by atoms with van der Waals surface area (Å²) in [7, 11) is 0. The van der Waals surface area contributed by atoms with Crippen molar-refractivity contribution < 1.29 is 4.79 Å². The van der Waals surface area contributed by atoms with E-state index in [0.717, 1.165) is 17.4 Å². The van der Waals surface area contributed by atoms with Gasteiger partial charge in [0, 0.05) is 18.9 Å². The number of nitrogens with one attached hydrogen (secondary N) is 2. The Bertz CT molecular complexity index is 603. The second kappa shape index (κ2) is 7.00. The van der Waals surface area contributed by atoms with E-state index >= 15 is 0 Å². The van der Waals surface area contributed by atoms with E-state index in [1.165, 1.54) is 0 Å². The van der Waals surface area contributed by atoms with E-state index in [0.29, 0.717) is 17.2 Å². The first-order valence-corrected chi connectivity index (χ1v) is 7.12. The van der Waals surface area contributed by atoms with Crippen LogP contribution in [-0.2, 0) is 0 Å². The van der Waals surface area contributed by atoms with E-state index in [1.54, 1.807) is 30.6 Å². The predicted octanol–water partition coefficient (Wildman–Crippen LogP) is 3.31. The fourth-order valence-corrected chi connectivity index (χ4v) is 1.98. The Labute approximate surface area is 126 Å². The number of aromatic nitrogens is 2. The fraction of sp³-hybridized carbons (Fsp3) is 0.214. The summed E-state index contributed by atoms with van der Waals surface area (Å²) in [5.74, 6) is 0.831. The SMILES string of the molecule is CCCNc1ncccc1C(=O)Nc1ncccc1Br. The lowest BCUT2D eigenvalue weighted by Crippen LogP contribution is -2.17. The zero-order valence-corrected chi connectivity index (χ0v) is 12.6. The van der Waals surface area contributed by atoms with Crippen LogP contribution in [0.2, 0.25) is 0 Å². The normalized spacial score (nSPS) is 10.1. The Hall–Kier alpha value is -1.95. The summed E-state index contributed by atoms with van der Waals surface area (Å²) < 4.78 is 0.736. The zero-order valence-electron chi connectivity index (χ0n) is 11.1. The Balaban J connectivity index is 2.19. The molecule has 2 heterocycles. The number of halogens is 1. The quantitative estimate of drug-likeness (QED) is 0.880. The molecule has 2 rings (SSSR count). The second-order valence-corrected chi connectivity index (χ2v) is 4.97. The van der Waals surface area contributed by atoms with Gasteiger partial charge in [0.05, 0.1) is 10.0 Å². The molecule has 6 heteroatoms. The first-order valence-electron chi connectivity index (χ1n) is 6.33. The summed E-state index contributed by atoms with van der Waals surface area (Å²) in [6.45, 7) is 2.82. The van der Waals surface area contributed by atoms with Gasteiger partial charge in [-0.3, -0.25) is 4.79 Å². The minimum Gasteiger partial charge on any atom is -0.369 e. The minimum absolute atomic E-state index is 0.240. The summed E-state index contributed by atoms with van der Waals surface area (Å²) >= 11 is 3.35. The zero-order chi connectivity index (χ0) is 14.4. The number of anilines is 2. The molecule has 0 unspecified atom stereocenters. The summed E-state index contributed by atoms with van der Waals surface area (Å²) in [6.07, 6.45) is 4.24. The first-order chi connectivity index (χ1) is 9.72. The summed E-state index contributed by atoms with van der Waals surface area (Å²) in [4.78, 5) is 20.6. The highest BCUT2D eigenvalue weighted by atomic mass is 79.9. The van der Waals surface area contributed by atoms with E-state index in [1.807, 2.05) is 6.07 Å². The average molecular weight is 335 g/mol. The van der Waals surface area contributed by atoms with Crippen molar-refractivity contribution in [1.82, 2.24) is 9.97 Å². The molecule has 0 saturated carbocycles. The van der Waals surface area contributed by atoms with Crippen molar-refractivity contribution in [3.63, 3.8) is 0 Å². The lowest BCUT2D eigenvalue weighted by atomic mass is 10.2. The van der Waals surface area contributed by atoms with Crippen LogP contribution in [0.5, 0.6) is 0 Å². The van der Waals surface area contributed by atoms with E-state index in [-0.39, 0.29) is 5.91 Å². The lowest BCUT2D eigenvalue weighted by molar-refractivity contribution is 0.102. The van der Waals surface area contributed by atoms with Crippen LogP contribution in [0, 0.1) is 0 Å². The molecule has 5 nitrogen and oxygen atoms in total. The van der Waals surface area contributed by atoms with E-state index in [9.17, 15) is 4.79 Å². The van der Waals surface area contributed by atoms with Gasteiger partial charge in [-0.25, -0.2) is 9.97 Å². The van der Waals surface area contributed by atoms with Gasteiger partial charge in [0.2, 0.25) is 0 Å². The molecule has 0 radical (unpaired) electrons. The van der Waals surface area contributed by atoms with Crippen molar-refractivity contribution >= 4 is 33.5 Å². The largest absolute Gasteiger partial charge is 0.369 e. The highest BCUT2D eigenvalue weighted by molar-refractivity contribution is 9.10. The molecule has 0 spiro atoms. The smallest absolute Gasteiger partial charge is 0.260 e. The van der Waals surface area contributed by atoms with Crippen LogP contribution in [0.1, 0.15) is 23.7 Å². The molecule has 0 atom stereocenters. The van der Waals surface area contributed by atoms with Crippen LogP contribution in [0.4, 0.5) is 11.6 Å². The summed E-state index contributed by atoms with van der Waals surface area (Å²) in [5.41, 5.74) is 0.499. The monoisotopic (exact) mass is 334 g/mol. The highest BCUT2D eigenvalue weighted by Gasteiger charge is 2.13. The van der Waals surface area contributed by atoms with Crippen molar-refractivity contribution in [1.29, 1.82) is 0 Å². The number of hydrogen-bond acceptors (Lipinski definition) is 4. The molecule has 0 bridgehead atoms. The van der Waals surface area contributed by atoms with Crippen molar-refractivity contribution in [2.45, 2.75) is 13.3 Å². The third-order valence-electron chi connectivity index (χ3n) is 2.59. The van der Waals surface area contributed by atoms with Gasteiger partial charge in [-0.05, 0) is 46.6 Å². The van der Waals surface area contributed by atoms with Crippen molar-refractivity contribution in [2.24, 2.45) is 0 Å². The lowest BCUT2D eigenvalue weighted by Gasteiger charge is -2.10. The van der Waals surface area contributed by atoms with Crippen LogP contribution in [0.25, 0.3) is 0 Å². The predicted molar refractivity (Wildman–Crippen MR) is 82.9 cm³/mol. The highest BCUT2D eigenvalue weighted by Crippen LogP contribution is 2.20. The molecule has 2 aromatic rings. The minimum atomic E-state index is -0.240. The maximum atomic E-state index is 12.3. The number of nitrogens with zero attached hydrogens (tertiary/aromatic N) is 2. The van der Waals surface area contributed by atoms with E-state index < -0.39 is 0 Å². The van der Waals surface area contributed by atoms with Gasteiger partial charge in [-0.15, -0.1) is 0 Å². The molecular weight excluding hydrogens is 320 g/mol. The van der Waals surface area contributed by atoms with Crippen molar-refractivity contribution in [2.75, 3.05) is 17.2 Å². The first kappa shape index (κ1) is 14.5. The molecule has 0 saturated heterocycles. The van der Waals surface area contributed by atoms with Gasteiger partial charge in [-0.2, -0.15) is 0 Å². The summed E-state index contributed by atoms with van der Waals surface area (Å²) in [6, 6.07) is 7.08. The number of hydrogen-bond donors (Lipinski definition) is 2. The van der Waals surface area contributed by atoms with Gasteiger partial charge in [0.1, 0.15) is 11.6 Å². The fourth-order valence-electron chi connectivity index (χ4n) is 1.63. The number of pyridine rings is 2. The van der Waals surface area contributed by atoms with Crippen molar-refractivity contribution in [3.8, 4) is 0 Å². The Morgan fingerprint density at radius 1 is 1.20 bits per heavy atom. The van der Waals surface area contributed by atoms with Gasteiger partial charge in [-0.1, -0.05) is 6.92 Å². The molecule has 0 aliphatic carbocycles. The second-order valence-electron chi connectivity index (χ2n) is 4.11. The maximum absolute atomic E-state index is 12.3. The molecule has 0 aromatic carbocycles. The summed E-state index contributed by atoms with van der Waals surface area (Å²) in [5, 5.41) is 5.91. The Morgan fingerprint density at radius 3 is 2.60 bits per heavy atom. The maximum Gasteiger partial charge on any atom is 0.260 e. The molecule has 0 aliphatic rings. The molecule has 104 valence electrons. The van der Waals surface area contributed by atoms with E-state index in [4.69, 9.17) is 0 Å². The van der Waals surface area contributed by atoms with Gasteiger partial charge in [0.25, 0.3) is 5.91 Å². The molecule has 0 fully saturated rings. The van der Waals surface area contributed by atoms with Crippen LogP contribution >= 0.6 is 15.9 Å². The van der Waals surface area contributed by atoms with Crippen molar-refractivity contribution in [3.05, 3.63) is 46.7 Å². The molecule has 0 aliphatic heterocycles. The topological polar surface area (TPSA) is 66.9 Å². The molecule has 1 amide bonds. The Morgan fingerprint density at radius 2 is 1.90 bits per heavy atom. The molecular formula is C14H15BrN4O. The third kappa shape index (κ3) is 3.54.